The Hall–Kier alpha value is -2.63. The lowest BCUT2D eigenvalue weighted by molar-refractivity contribution is 0.120. The minimum atomic E-state index is -0.716. The van der Waals surface area contributed by atoms with E-state index >= 15 is 0 Å². The fourth-order valence-electron chi connectivity index (χ4n) is 2.84. The van der Waals surface area contributed by atoms with E-state index in [-0.39, 0.29) is 0 Å². The molecule has 2 unspecified atom stereocenters. The minimum Gasteiger partial charge on any atom is -0.497 e. The molecule has 136 valence electrons. The summed E-state index contributed by atoms with van der Waals surface area (Å²) in [6.45, 7) is 1.72. The number of methoxy groups -OCH3 is 1. The van der Waals surface area contributed by atoms with E-state index < -0.39 is 12.2 Å². The van der Waals surface area contributed by atoms with Gasteiger partial charge in [0.15, 0.2) is 0 Å². The summed E-state index contributed by atoms with van der Waals surface area (Å²) in [5.41, 5.74) is 3.41. The van der Waals surface area contributed by atoms with Crippen molar-refractivity contribution >= 4 is 0 Å². The van der Waals surface area contributed by atoms with E-state index in [1.807, 2.05) is 65.3 Å². The molecule has 0 saturated carbocycles. The van der Waals surface area contributed by atoms with Gasteiger partial charge in [-0.25, -0.2) is 4.68 Å². The Kier molecular flexibility index (Phi) is 5.71. The van der Waals surface area contributed by atoms with Crippen molar-refractivity contribution in [1.82, 2.24) is 9.78 Å². The van der Waals surface area contributed by atoms with Crippen LogP contribution in [-0.2, 0) is 0 Å². The predicted octanol–water partition coefficient (Wildman–Crippen LogP) is 3.74. The molecule has 3 rings (SSSR count). The summed E-state index contributed by atoms with van der Waals surface area (Å²) >= 11 is 0. The zero-order chi connectivity index (χ0) is 18.5. The normalized spacial score (nSPS) is 13.4. The standard InChI is InChI=1S/C21H24N2O3/c1-15(24)8-13-21(25)19-14-20(16-6-4-3-5-7-16)23(22-19)17-9-11-18(26-2)12-10-17/h3-7,9-12,14-15,21,24-25H,8,13H2,1-2H3. The third-order valence-electron chi connectivity index (χ3n) is 4.31. The maximum atomic E-state index is 10.5. The van der Waals surface area contributed by atoms with Crippen LogP contribution in [0.2, 0.25) is 0 Å². The molecule has 1 heterocycles. The summed E-state index contributed by atoms with van der Waals surface area (Å²) in [5.74, 6) is 0.777. The van der Waals surface area contributed by atoms with Gasteiger partial charge in [-0.3, -0.25) is 0 Å². The van der Waals surface area contributed by atoms with Gasteiger partial charge in [0.25, 0.3) is 0 Å². The molecule has 0 aliphatic heterocycles. The van der Waals surface area contributed by atoms with Gasteiger partial charge in [0.2, 0.25) is 0 Å². The van der Waals surface area contributed by atoms with Crippen LogP contribution in [0.1, 0.15) is 31.6 Å². The molecule has 0 aliphatic carbocycles. The van der Waals surface area contributed by atoms with Gasteiger partial charge in [0.1, 0.15) is 5.75 Å². The first-order valence-electron chi connectivity index (χ1n) is 8.74. The van der Waals surface area contributed by atoms with Crippen molar-refractivity contribution < 1.29 is 14.9 Å². The minimum absolute atomic E-state index is 0.443. The largest absolute Gasteiger partial charge is 0.497 e. The Bertz CT molecular complexity index is 826. The average molecular weight is 352 g/mol. The smallest absolute Gasteiger partial charge is 0.119 e. The number of hydrogen-bond donors (Lipinski definition) is 2. The number of aromatic nitrogens is 2. The van der Waals surface area contributed by atoms with E-state index in [0.29, 0.717) is 18.5 Å². The van der Waals surface area contributed by atoms with Gasteiger partial charge < -0.3 is 14.9 Å². The predicted molar refractivity (Wildman–Crippen MR) is 101 cm³/mol. The number of ether oxygens (including phenoxy) is 1. The number of aliphatic hydroxyl groups is 2. The molecule has 1 aromatic heterocycles. The van der Waals surface area contributed by atoms with Gasteiger partial charge in [-0.1, -0.05) is 30.3 Å². The van der Waals surface area contributed by atoms with E-state index in [1.54, 1.807) is 14.0 Å². The summed E-state index contributed by atoms with van der Waals surface area (Å²) in [5, 5.41) is 24.6. The number of rotatable bonds is 7. The first kappa shape index (κ1) is 18.2. The summed E-state index contributed by atoms with van der Waals surface area (Å²) in [7, 11) is 1.63. The van der Waals surface area contributed by atoms with Gasteiger partial charge in [-0.2, -0.15) is 5.10 Å². The Balaban J connectivity index is 2.00. The van der Waals surface area contributed by atoms with Crippen molar-refractivity contribution in [2.75, 3.05) is 7.11 Å². The third kappa shape index (κ3) is 4.12. The molecule has 0 saturated heterocycles. The first-order chi connectivity index (χ1) is 12.6. The summed E-state index contributed by atoms with van der Waals surface area (Å²) in [4.78, 5) is 0. The first-order valence-corrected chi connectivity index (χ1v) is 8.74. The van der Waals surface area contributed by atoms with Crippen LogP contribution in [-0.4, -0.2) is 33.2 Å². The molecular weight excluding hydrogens is 328 g/mol. The second-order valence-electron chi connectivity index (χ2n) is 6.37. The van der Waals surface area contributed by atoms with Gasteiger partial charge in [0, 0.05) is 5.56 Å². The highest BCUT2D eigenvalue weighted by atomic mass is 16.5. The number of aliphatic hydroxyl groups excluding tert-OH is 2. The number of benzene rings is 2. The molecule has 0 spiro atoms. The highest BCUT2D eigenvalue weighted by molar-refractivity contribution is 5.63. The van der Waals surface area contributed by atoms with Crippen molar-refractivity contribution in [3.8, 4) is 22.7 Å². The molecule has 5 heteroatoms. The third-order valence-corrected chi connectivity index (χ3v) is 4.31. The van der Waals surface area contributed by atoms with E-state index in [0.717, 1.165) is 22.7 Å². The van der Waals surface area contributed by atoms with Crippen molar-refractivity contribution in [1.29, 1.82) is 0 Å². The molecule has 2 N–H and O–H groups in total. The molecule has 5 nitrogen and oxygen atoms in total. The Morgan fingerprint density at radius 1 is 1.00 bits per heavy atom. The summed E-state index contributed by atoms with van der Waals surface area (Å²) < 4.78 is 7.05. The topological polar surface area (TPSA) is 67.5 Å². The van der Waals surface area contributed by atoms with Gasteiger partial charge in [0.05, 0.1) is 36.4 Å². The molecule has 2 atom stereocenters. The molecule has 0 radical (unpaired) electrons. The molecule has 2 aromatic carbocycles. The Labute approximate surface area is 153 Å². The maximum Gasteiger partial charge on any atom is 0.119 e. The van der Waals surface area contributed by atoms with Crippen LogP contribution in [0.4, 0.5) is 0 Å². The van der Waals surface area contributed by atoms with Crippen LogP contribution in [0.25, 0.3) is 16.9 Å². The second-order valence-corrected chi connectivity index (χ2v) is 6.37. The van der Waals surface area contributed by atoms with Crippen LogP contribution in [0, 0.1) is 0 Å². The molecular formula is C21H24N2O3. The summed E-state index contributed by atoms with van der Waals surface area (Å²) in [6, 6.07) is 19.5. The van der Waals surface area contributed by atoms with Crippen molar-refractivity contribution in [2.24, 2.45) is 0 Å². The lowest BCUT2D eigenvalue weighted by Gasteiger charge is -2.09. The monoisotopic (exact) mass is 352 g/mol. The van der Waals surface area contributed by atoms with Crippen LogP contribution in [0.5, 0.6) is 5.75 Å². The van der Waals surface area contributed by atoms with E-state index in [4.69, 9.17) is 4.74 Å². The van der Waals surface area contributed by atoms with E-state index in [1.165, 1.54) is 0 Å². The average Bonchev–Trinajstić information content (AvgIpc) is 3.12. The van der Waals surface area contributed by atoms with E-state index in [2.05, 4.69) is 5.10 Å². The van der Waals surface area contributed by atoms with E-state index in [9.17, 15) is 10.2 Å². The van der Waals surface area contributed by atoms with Crippen molar-refractivity contribution in [2.45, 2.75) is 32.0 Å². The molecule has 0 bridgehead atoms. The highest BCUT2D eigenvalue weighted by Crippen LogP contribution is 2.28. The quantitative estimate of drug-likeness (QED) is 0.680. The lowest BCUT2D eigenvalue weighted by Crippen LogP contribution is -2.06. The summed E-state index contributed by atoms with van der Waals surface area (Å²) in [6.07, 6.45) is -0.170. The lowest BCUT2D eigenvalue weighted by atomic mass is 10.1. The van der Waals surface area contributed by atoms with Crippen LogP contribution in [0.15, 0.2) is 60.7 Å². The zero-order valence-electron chi connectivity index (χ0n) is 15.0. The number of nitrogens with zero attached hydrogens (tertiary/aromatic N) is 2. The van der Waals surface area contributed by atoms with Crippen LogP contribution >= 0.6 is 0 Å². The molecule has 0 fully saturated rings. The Morgan fingerprint density at radius 2 is 1.69 bits per heavy atom. The van der Waals surface area contributed by atoms with Gasteiger partial charge in [-0.05, 0) is 50.1 Å². The van der Waals surface area contributed by atoms with Crippen LogP contribution in [0.3, 0.4) is 0 Å². The van der Waals surface area contributed by atoms with Gasteiger partial charge >= 0.3 is 0 Å². The fourth-order valence-corrected chi connectivity index (χ4v) is 2.84. The molecule has 3 aromatic rings. The Morgan fingerprint density at radius 3 is 2.31 bits per heavy atom. The number of hydrogen-bond acceptors (Lipinski definition) is 4. The maximum absolute atomic E-state index is 10.5. The molecule has 0 amide bonds. The van der Waals surface area contributed by atoms with Gasteiger partial charge in [-0.15, -0.1) is 0 Å². The van der Waals surface area contributed by atoms with Crippen molar-refractivity contribution in [3.63, 3.8) is 0 Å². The van der Waals surface area contributed by atoms with Crippen molar-refractivity contribution in [3.05, 3.63) is 66.4 Å². The molecule has 26 heavy (non-hydrogen) atoms. The SMILES string of the molecule is COc1ccc(-n2nc(C(O)CCC(C)O)cc2-c2ccccc2)cc1. The highest BCUT2D eigenvalue weighted by Gasteiger charge is 2.17. The second kappa shape index (κ2) is 8.17. The molecule has 0 aliphatic rings. The zero-order valence-corrected chi connectivity index (χ0v) is 15.0. The van der Waals surface area contributed by atoms with Crippen LogP contribution < -0.4 is 4.74 Å². The fraction of sp³-hybridized carbons (Fsp3) is 0.286.